The number of amides is 1. The maximum Gasteiger partial charge on any atom is 0.289 e. The summed E-state index contributed by atoms with van der Waals surface area (Å²) in [5, 5.41) is 2.65. The Balaban J connectivity index is 1.67. The molecular formula is C18H17Cl2F2N3O3S2. The predicted octanol–water partition coefficient (Wildman–Crippen LogP) is 4.74. The molecule has 0 unspecified atom stereocenters. The number of rotatable bonds is 6. The summed E-state index contributed by atoms with van der Waals surface area (Å²) in [5.41, 5.74) is 0.204. The summed E-state index contributed by atoms with van der Waals surface area (Å²) < 4.78 is 52.4. The SMILES string of the molecule is O=C(Nc1cccc(Cl)c1SC(F)F)C1CCN(S(=O)(=O)c2cccnc2Cl)CC1. The first kappa shape index (κ1) is 23.2. The zero-order chi connectivity index (χ0) is 21.9. The van der Waals surface area contributed by atoms with Gasteiger partial charge in [-0.1, -0.05) is 41.0 Å². The van der Waals surface area contributed by atoms with E-state index >= 15 is 0 Å². The fourth-order valence-corrected chi connectivity index (χ4v) is 5.92. The Morgan fingerprint density at radius 1 is 1.20 bits per heavy atom. The van der Waals surface area contributed by atoms with Crippen LogP contribution in [0.25, 0.3) is 0 Å². The minimum absolute atomic E-state index is 0.0813. The topological polar surface area (TPSA) is 79.4 Å². The first-order valence-corrected chi connectivity index (χ1v) is 11.9. The van der Waals surface area contributed by atoms with Crippen molar-refractivity contribution in [2.75, 3.05) is 18.4 Å². The fourth-order valence-electron chi connectivity index (χ4n) is 3.11. The smallest absolute Gasteiger partial charge is 0.289 e. The zero-order valence-corrected chi connectivity index (χ0v) is 18.5. The molecule has 0 atom stereocenters. The molecule has 0 spiro atoms. The van der Waals surface area contributed by atoms with Gasteiger partial charge < -0.3 is 5.32 Å². The van der Waals surface area contributed by atoms with Crippen molar-refractivity contribution in [1.29, 1.82) is 0 Å². The van der Waals surface area contributed by atoms with Crippen LogP contribution in [0.15, 0.2) is 46.3 Å². The molecule has 30 heavy (non-hydrogen) atoms. The molecule has 6 nitrogen and oxygen atoms in total. The number of benzene rings is 1. The van der Waals surface area contributed by atoms with Crippen molar-refractivity contribution in [3.8, 4) is 0 Å². The average Bonchev–Trinajstić information content (AvgIpc) is 2.70. The van der Waals surface area contributed by atoms with Gasteiger partial charge >= 0.3 is 0 Å². The molecule has 0 radical (unpaired) electrons. The van der Waals surface area contributed by atoms with Crippen LogP contribution in [0, 0.1) is 5.92 Å². The van der Waals surface area contributed by atoms with E-state index in [0.717, 1.165) is 0 Å². The van der Waals surface area contributed by atoms with Crippen molar-refractivity contribution >= 4 is 56.6 Å². The third-order valence-corrected chi connectivity index (χ3v) is 8.22. The van der Waals surface area contributed by atoms with Gasteiger partial charge in [0, 0.05) is 25.2 Å². The molecule has 162 valence electrons. The highest BCUT2D eigenvalue weighted by Gasteiger charge is 2.33. The van der Waals surface area contributed by atoms with E-state index in [1.54, 1.807) is 6.07 Å². The highest BCUT2D eigenvalue weighted by atomic mass is 35.5. The fraction of sp³-hybridized carbons (Fsp3) is 0.333. The van der Waals surface area contributed by atoms with E-state index in [4.69, 9.17) is 23.2 Å². The number of carbonyl (C=O) groups is 1. The van der Waals surface area contributed by atoms with Crippen LogP contribution in [0.1, 0.15) is 12.8 Å². The van der Waals surface area contributed by atoms with Gasteiger partial charge in [0.1, 0.15) is 10.0 Å². The Labute approximate surface area is 187 Å². The first-order valence-electron chi connectivity index (χ1n) is 8.85. The van der Waals surface area contributed by atoms with Crippen LogP contribution >= 0.6 is 35.0 Å². The van der Waals surface area contributed by atoms with Crippen LogP contribution in [0.3, 0.4) is 0 Å². The van der Waals surface area contributed by atoms with Crippen molar-refractivity contribution in [3.05, 3.63) is 46.7 Å². The van der Waals surface area contributed by atoms with Gasteiger partial charge in [-0.2, -0.15) is 13.1 Å². The summed E-state index contributed by atoms with van der Waals surface area (Å²) in [5.74, 6) is -3.53. The molecule has 1 fully saturated rings. The number of halogens is 4. The lowest BCUT2D eigenvalue weighted by molar-refractivity contribution is -0.120. The Morgan fingerprint density at radius 2 is 1.90 bits per heavy atom. The maximum atomic E-state index is 12.8. The minimum Gasteiger partial charge on any atom is -0.325 e. The van der Waals surface area contributed by atoms with Crippen molar-refractivity contribution in [2.45, 2.75) is 28.4 Å². The first-order chi connectivity index (χ1) is 14.2. The van der Waals surface area contributed by atoms with E-state index in [1.165, 1.54) is 34.8 Å². The van der Waals surface area contributed by atoms with Gasteiger partial charge in [-0.25, -0.2) is 13.4 Å². The van der Waals surface area contributed by atoms with E-state index in [9.17, 15) is 22.0 Å². The van der Waals surface area contributed by atoms with Crippen molar-refractivity contribution < 1.29 is 22.0 Å². The minimum atomic E-state index is -3.82. The number of hydrogen-bond acceptors (Lipinski definition) is 5. The third-order valence-electron chi connectivity index (χ3n) is 4.60. The Kier molecular flexibility index (Phi) is 7.56. The number of nitrogens with zero attached hydrogens (tertiary/aromatic N) is 2. The van der Waals surface area contributed by atoms with Crippen LogP contribution in [0.2, 0.25) is 10.2 Å². The lowest BCUT2D eigenvalue weighted by Gasteiger charge is -2.30. The lowest BCUT2D eigenvalue weighted by Crippen LogP contribution is -2.41. The zero-order valence-electron chi connectivity index (χ0n) is 15.4. The van der Waals surface area contributed by atoms with E-state index in [-0.39, 0.29) is 69.3 Å². The number of thioether (sulfide) groups is 1. The monoisotopic (exact) mass is 495 g/mol. The van der Waals surface area contributed by atoms with E-state index in [2.05, 4.69) is 10.3 Å². The molecule has 2 heterocycles. The van der Waals surface area contributed by atoms with Crippen LogP contribution in [0.5, 0.6) is 0 Å². The number of pyridine rings is 1. The number of sulfonamides is 1. The summed E-state index contributed by atoms with van der Waals surface area (Å²) in [4.78, 5) is 16.5. The standard InChI is InChI=1S/C18H17Cl2F2N3O3S2/c19-12-3-1-4-13(15(12)29-18(21)22)24-17(26)11-6-9-25(10-7-11)30(27,28)14-5-2-8-23-16(14)20/h1-5,8,11,18H,6-7,9-10H2,(H,24,26). The van der Waals surface area contributed by atoms with Gasteiger partial charge in [0.25, 0.3) is 5.76 Å². The predicted molar refractivity (Wildman–Crippen MR) is 113 cm³/mol. The highest BCUT2D eigenvalue weighted by Crippen LogP contribution is 2.38. The molecule has 1 N–H and O–H groups in total. The van der Waals surface area contributed by atoms with E-state index < -0.39 is 21.7 Å². The molecule has 3 rings (SSSR count). The number of aromatic nitrogens is 1. The second-order valence-corrected chi connectivity index (χ2v) is 10.1. The Bertz CT molecular complexity index is 1030. The van der Waals surface area contributed by atoms with Crippen molar-refractivity contribution in [3.63, 3.8) is 0 Å². The molecule has 0 bridgehead atoms. The molecule has 2 aromatic rings. The van der Waals surface area contributed by atoms with Gasteiger partial charge in [0.2, 0.25) is 15.9 Å². The summed E-state index contributed by atoms with van der Waals surface area (Å²) in [6.45, 7) is 0.250. The summed E-state index contributed by atoms with van der Waals surface area (Å²) in [6, 6.07) is 7.39. The number of piperidine rings is 1. The van der Waals surface area contributed by atoms with Gasteiger partial charge in [-0.3, -0.25) is 4.79 Å². The molecule has 1 aliphatic heterocycles. The van der Waals surface area contributed by atoms with Crippen LogP contribution in [0.4, 0.5) is 14.5 Å². The molecule has 0 saturated carbocycles. The highest BCUT2D eigenvalue weighted by molar-refractivity contribution is 7.99. The molecule has 1 aliphatic rings. The van der Waals surface area contributed by atoms with Crippen molar-refractivity contribution in [2.24, 2.45) is 5.92 Å². The van der Waals surface area contributed by atoms with Gasteiger partial charge in [-0.05, 0) is 37.1 Å². The Hall–Kier alpha value is -1.46. The largest absolute Gasteiger partial charge is 0.325 e. The van der Waals surface area contributed by atoms with Gasteiger partial charge in [0.15, 0.2) is 0 Å². The molecule has 1 aromatic carbocycles. The Morgan fingerprint density at radius 3 is 2.53 bits per heavy atom. The molecule has 1 amide bonds. The molecule has 1 saturated heterocycles. The van der Waals surface area contributed by atoms with Crippen LogP contribution in [-0.4, -0.2) is 42.5 Å². The second kappa shape index (κ2) is 9.78. The summed E-state index contributed by atoms with van der Waals surface area (Å²) in [6.07, 6.45) is 1.95. The summed E-state index contributed by atoms with van der Waals surface area (Å²) in [7, 11) is -3.82. The van der Waals surface area contributed by atoms with E-state index in [0.29, 0.717) is 0 Å². The van der Waals surface area contributed by atoms with Crippen LogP contribution in [-0.2, 0) is 14.8 Å². The third kappa shape index (κ3) is 5.23. The van der Waals surface area contributed by atoms with Gasteiger partial charge in [-0.15, -0.1) is 0 Å². The normalized spacial score (nSPS) is 16.0. The van der Waals surface area contributed by atoms with Crippen molar-refractivity contribution in [1.82, 2.24) is 9.29 Å². The quantitative estimate of drug-likeness (QED) is 0.462. The molecule has 0 aliphatic carbocycles. The lowest BCUT2D eigenvalue weighted by atomic mass is 9.97. The molecule has 1 aromatic heterocycles. The average molecular weight is 496 g/mol. The molecular weight excluding hydrogens is 479 g/mol. The summed E-state index contributed by atoms with van der Waals surface area (Å²) >= 11 is 12.2. The number of nitrogens with one attached hydrogen (secondary N) is 1. The number of alkyl halides is 2. The number of hydrogen-bond donors (Lipinski definition) is 1. The number of anilines is 1. The maximum absolute atomic E-state index is 12.8. The molecule has 12 heteroatoms. The van der Waals surface area contributed by atoms with Gasteiger partial charge in [0.05, 0.1) is 15.6 Å². The number of carbonyl (C=O) groups excluding carboxylic acids is 1. The van der Waals surface area contributed by atoms with Crippen LogP contribution < -0.4 is 5.32 Å². The second-order valence-electron chi connectivity index (χ2n) is 6.45. The van der Waals surface area contributed by atoms with E-state index in [1.807, 2.05) is 0 Å².